The first-order chi connectivity index (χ1) is 8.75. The minimum Gasteiger partial charge on any atom is -0.469 e. The second-order valence-corrected chi connectivity index (χ2v) is 4.10. The van der Waals surface area contributed by atoms with E-state index >= 15 is 0 Å². The molecule has 2 N–H and O–H groups in total. The number of aliphatic hydroxyl groups excluding tert-OH is 1. The molecule has 1 aromatic carbocycles. The van der Waals surface area contributed by atoms with Crippen molar-refractivity contribution in [3.05, 3.63) is 59.8 Å². The van der Waals surface area contributed by atoms with Crippen molar-refractivity contribution in [1.29, 1.82) is 0 Å². The van der Waals surface area contributed by atoms with E-state index in [1.54, 1.807) is 18.4 Å². The van der Waals surface area contributed by atoms with Crippen molar-refractivity contribution in [2.45, 2.75) is 12.5 Å². The molecule has 0 aliphatic rings. The van der Waals surface area contributed by atoms with Crippen molar-refractivity contribution in [2.24, 2.45) is 0 Å². The molecule has 0 saturated heterocycles. The van der Waals surface area contributed by atoms with Gasteiger partial charge in [0.15, 0.2) is 0 Å². The zero-order valence-corrected chi connectivity index (χ0v) is 9.97. The van der Waals surface area contributed by atoms with Gasteiger partial charge in [-0.25, -0.2) is 4.39 Å². The Labute approximate surface area is 105 Å². The van der Waals surface area contributed by atoms with E-state index in [-0.39, 0.29) is 5.82 Å². The molecule has 18 heavy (non-hydrogen) atoms. The number of furan rings is 1. The summed E-state index contributed by atoms with van der Waals surface area (Å²) in [5, 5.41) is 13.0. The Morgan fingerprint density at radius 2 is 2.17 bits per heavy atom. The largest absolute Gasteiger partial charge is 0.469 e. The fraction of sp³-hybridized carbons (Fsp3) is 0.286. The molecule has 0 radical (unpaired) electrons. The molecule has 0 spiro atoms. The summed E-state index contributed by atoms with van der Waals surface area (Å²) in [6, 6.07) is 9.76. The van der Waals surface area contributed by atoms with Gasteiger partial charge in [0.25, 0.3) is 0 Å². The number of nitrogens with one attached hydrogen (secondary N) is 1. The van der Waals surface area contributed by atoms with Crippen LogP contribution < -0.4 is 5.32 Å². The van der Waals surface area contributed by atoms with E-state index in [1.165, 1.54) is 12.1 Å². The molecule has 96 valence electrons. The summed E-state index contributed by atoms with van der Waals surface area (Å²) in [4.78, 5) is 0. The van der Waals surface area contributed by atoms with Gasteiger partial charge in [0, 0.05) is 19.5 Å². The molecule has 1 atom stereocenters. The number of halogens is 1. The van der Waals surface area contributed by atoms with Crippen LogP contribution in [0.15, 0.2) is 47.1 Å². The molecular formula is C14H16FNO2. The lowest BCUT2D eigenvalue weighted by Gasteiger charge is -2.11. The van der Waals surface area contributed by atoms with Gasteiger partial charge in [0.1, 0.15) is 11.6 Å². The average Bonchev–Trinajstić information content (AvgIpc) is 2.87. The molecule has 0 aliphatic heterocycles. The van der Waals surface area contributed by atoms with Gasteiger partial charge in [-0.15, -0.1) is 0 Å². The molecule has 0 amide bonds. The van der Waals surface area contributed by atoms with Gasteiger partial charge in [-0.1, -0.05) is 12.1 Å². The molecule has 2 rings (SSSR count). The molecule has 1 heterocycles. The molecule has 1 unspecified atom stereocenters. The maximum absolute atomic E-state index is 13.0. The second-order valence-electron chi connectivity index (χ2n) is 4.10. The minimum atomic E-state index is -0.697. The van der Waals surface area contributed by atoms with Gasteiger partial charge < -0.3 is 14.8 Å². The fourth-order valence-electron chi connectivity index (χ4n) is 1.74. The number of hydrogen-bond acceptors (Lipinski definition) is 3. The first-order valence-corrected chi connectivity index (χ1v) is 5.92. The minimum absolute atomic E-state index is 0.331. The van der Waals surface area contributed by atoms with E-state index in [0.29, 0.717) is 18.7 Å². The van der Waals surface area contributed by atoms with Crippen LogP contribution in [0.25, 0.3) is 0 Å². The monoisotopic (exact) mass is 249 g/mol. The second kappa shape index (κ2) is 6.33. The number of hydrogen-bond donors (Lipinski definition) is 2. The van der Waals surface area contributed by atoms with Crippen LogP contribution in [-0.4, -0.2) is 18.2 Å². The molecule has 1 aromatic heterocycles. The molecule has 0 saturated carbocycles. The summed E-state index contributed by atoms with van der Waals surface area (Å²) in [5.41, 5.74) is 0.584. The zero-order chi connectivity index (χ0) is 12.8. The van der Waals surface area contributed by atoms with Gasteiger partial charge in [-0.2, -0.15) is 0 Å². The van der Waals surface area contributed by atoms with E-state index < -0.39 is 6.10 Å². The lowest BCUT2D eigenvalue weighted by molar-refractivity contribution is 0.174. The third-order valence-electron chi connectivity index (χ3n) is 2.70. The number of benzene rings is 1. The number of rotatable bonds is 6. The Morgan fingerprint density at radius 3 is 2.89 bits per heavy atom. The van der Waals surface area contributed by atoms with Crippen LogP contribution in [0.1, 0.15) is 17.4 Å². The molecule has 0 fully saturated rings. The summed E-state index contributed by atoms with van der Waals surface area (Å²) in [6.07, 6.45) is 1.71. The van der Waals surface area contributed by atoms with Gasteiger partial charge in [-0.3, -0.25) is 0 Å². The highest BCUT2D eigenvalue weighted by atomic mass is 19.1. The predicted molar refractivity (Wildman–Crippen MR) is 66.6 cm³/mol. The van der Waals surface area contributed by atoms with Crippen molar-refractivity contribution in [1.82, 2.24) is 5.32 Å². The molecule has 0 bridgehead atoms. The Bertz CT molecular complexity index is 470. The topological polar surface area (TPSA) is 45.4 Å². The maximum Gasteiger partial charge on any atom is 0.123 e. The van der Waals surface area contributed by atoms with Crippen LogP contribution in [0.3, 0.4) is 0 Å². The number of aliphatic hydroxyl groups is 1. The van der Waals surface area contributed by atoms with Crippen molar-refractivity contribution < 1.29 is 13.9 Å². The molecule has 0 aliphatic carbocycles. The highest BCUT2D eigenvalue weighted by Gasteiger charge is 2.07. The van der Waals surface area contributed by atoms with Crippen LogP contribution in [-0.2, 0) is 6.42 Å². The molecule has 4 heteroatoms. The quantitative estimate of drug-likeness (QED) is 0.772. The summed E-state index contributed by atoms with van der Waals surface area (Å²) >= 11 is 0. The van der Waals surface area contributed by atoms with Gasteiger partial charge in [0.05, 0.1) is 12.4 Å². The highest BCUT2D eigenvalue weighted by Crippen LogP contribution is 2.12. The van der Waals surface area contributed by atoms with Crippen LogP contribution >= 0.6 is 0 Å². The van der Waals surface area contributed by atoms with Crippen LogP contribution in [0, 0.1) is 5.82 Å². The Morgan fingerprint density at radius 1 is 1.28 bits per heavy atom. The Balaban J connectivity index is 1.73. The van der Waals surface area contributed by atoms with E-state index in [2.05, 4.69) is 5.32 Å². The third kappa shape index (κ3) is 3.68. The van der Waals surface area contributed by atoms with Crippen molar-refractivity contribution in [3.63, 3.8) is 0 Å². The molecule has 3 nitrogen and oxygen atoms in total. The van der Waals surface area contributed by atoms with Crippen LogP contribution in [0.2, 0.25) is 0 Å². The Hall–Kier alpha value is -1.65. The van der Waals surface area contributed by atoms with Gasteiger partial charge in [0.2, 0.25) is 0 Å². The van der Waals surface area contributed by atoms with E-state index in [4.69, 9.17) is 4.42 Å². The third-order valence-corrected chi connectivity index (χ3v) is 2.70. The summed E-state index contributed by atoms with van der Waals surface area (Å²) in [5.74, 6) is 0.574. The fourth-order valence-corrected chi connectivity index (χ4v) is 1.74. The molecule has 2 aromatic rings. The van der Waals surface area contributed by atoms with Crippen molar-refractivity contribution >= 4 is 0 Å². The summed E-state index contributed by atoms with van der Waals surface area (Å²) < 4.78 is 18.1. The predicted octanol–water partition coefficient (Wildman–Crippen LogP) is 2.28. The van der Waals surface area contributed by atoms with Crippen molar-refractivity contribution in [3.8, 4) is 0 Å². The lowest BCUT2D eigenvalue weighted by Crippen LogP contribution is -2.23. The van der Waals surface area contributed by atoms with Gasteiger partial charge in [-0.05, 0) is 29.8 Å². The van der Waals surface area contributed by atoms with Crippen LogP contribution in [0.4, 0.5) is 4.39 Å². The first-order valence-electron chi connectivity index (χ1n) is 5.92. The van der Waals surface area contributed by atoms with E-state index in [0.717, 1.165) is 12.2 Å². The highest BCUT2D eigenvalue weighted by molar-refractivity contribution is 5.18. The van der Waals surface area contributed by atoms with Gasteiger partial charge >= 0.3 is 0 Å². The SMILES string of the molecule is OC(CNCCc1ccco1)c1cccc(F)c1. The average molecular weight is 249 g/mol. The zero-order valence-electron chi connectivity index (χ0n) is 9.97. The normalized spacial score (nSPS) is 12.6. The van der Waals surface area contributed by atoms with E-state index in [1.807, 2.05) is 12.1 Å². The lowest BCUT2D eigenvalue weighted by atomic mass is 10.1. The standard InChI is InChI=1S/C14H16FNO2/c15-12-4-1-3-11(9-12)14(17)10-16-7-6-13-5-2-8-18-13/h1-5,8-9,14,16-17H,6-7,10H2. The summed E-state index contributed by atoms with van der Waals surface area (Å²) in [6.45, 7) is 1.10. The summed E-state index contributed by atoms with van der Waals surface area (Å²) in [7, 11) is 0. The first kappa shape index (κ1) is 12.8. The Kier molecular flexibility index (Phi) is 4.50. The smallest absolute Gasteiger partial charge is 0.123 e. The van der Waals surface area contributed by atoms with Crippen LogP contribution in [0.5, 0.6) is 0 Å². The maximum atomic E-state index is 13.0. The molecular weight excluding hydrogens is 233 g/mol. The van der Waals surface area contributed by atoms with E-state index in [9.17, 15) is 9.50 Å². The van der Waals surface area contributed by atoms with Crippen molar-refractivity contribution in [2.75, 3.05) is 13.1 Å².